The summed E-state index contributed by atoms with van der Waals surface area (Å²) in [6.45, 7) is 2.64. The first kappa shape index (κ1) is 9.86. The van der Waals surface area contributed by atoms with Crippen LogP contribution in [0.5, 0.6) is 0 Å². The summed E-state index contributed by atoms with van der Waals surface area (Å²) in [6.07, 6.45) is 1.92. The Morgan fingerprint density at radius 1 is 1.33 bits per heavy atom. The second-order valence-electron chi connectivity index (χ2n) is 3.67. The number of nitrogens with two attached hydrogens (primary N) is 1. The summed E-state index contributed by atoms with van der Waals surface area (Å²) in [5.41, 5.74) is 7.65. The van der Waals surface area contributed by atoms with Gasteiger partial charge in [0, 0.05) is 11.6 Å². The molecule has 0 saturated carbocycles. The largest absolute Gasteiger partial charge is 0.326 e. The highest BCUT2D eigenvalue weighted by molar-refractivity contribution is 5.57. The SMILES string of the molecule is CC(N)Cn1cc(-c2ccccc2)nn1. The van der Waals surface area contributed by atoms with Crippen molar-refractivity contribution in [3.8, 4) is 11.3 Å². The lowest BCUT2D eigenvalue weighted by Gasteiger charge is -2.02. The maximum atomic E-state index is 5.68. The standard InChI is InChI=1S/C11H14N4/c1-9(12)7-15-8-11(13-14-15)10-5-3-2-4-6-10/h2-6,8-9H,7,12H2,1H3. The van der Waals surface area contributed by atoms with Crippen LogP contribution >= 0.6 is 0 Å². The minimum absolute atomic E-state index is 0.0929. The average Bonchev–Trinajstić information content (AvgIpc) is 2.67. The number of aromatic nitrogens is 3. The first-order valence-electron chi connectivity index (χ1n) is 4.97. The van der Waals surface area contributed by atoms with Crippen molar-refractivity contribution < 1.29 is 0 Å². The fraction of sp³-hybridized carbons (Fsp3) is 0.273. The van der Waals surface area contributed by atoms with E-state index in [1.165, 1.54) is 0 Å². The molecule has 0 radical (unpaired) electrons. The van der Waals surface area contributed by atoms with Crippen molar-refractivity contribution in [2.24, 2.45) is 5.73 Å². The Morgan fingerprint density at radius 3 is 2.73 bits per heavy atom. The van der Waals surface area contributed by atoms with E-state index in [4.69, 9.17) is 5.73 Å². The molecule has 15 heavy (non-hydrogen) atoms. The maximum Gasteiger partial charge on any atom is 0.113 e. The van der Waals surface area contributed by atoms with Gasteiger partial charge in [0.05, 0.1) is 12.7 Å². The third kappa shape index (κ3) is 2.41. The van der Waals surface area contributed by atoms with Crippen molar-refractivity contribution in [1.82, 2.24) is 15.0 Å². The summed E-state index contributed by atoms with van der Waals surface area (Å²) in [4.78, 5) is 0. The highest BCUT2D eigenvalue weighted by atomic mass is 15.4. The topological polar surface area (TPSA) is 56.7 Å². The first-order chi connectivity index (χ1) is 7.25. The molecule has 0 saturated heterocycles. The summed E-state index contributed by atoms with van der Waals surface area (Å²) in [5, 5.41) is 8.12. The molecule has 1 unspecified atom stereocenters. The average molecular weight is 202 g/mol. The molecular formula is C11H14N4. The van der Waals surface area contributed by atoms with E-state index < -0.39 is 0 Å². The zero-order valence-electron chi connectivity index (χ0n) is 8.67. The molecule has 78 valence electrons. The minimum atomic E-state index is 0.0929. The quantitative estimate of drug-likeness (QED) is 0.816. The van der Waals surface area contributed by atoms with Crippen molar-refractivity contribution in [1.29, 1.82) is 0 Å². The van der Waals surface area contributed by atoms with Crippen molar-refractivity contribution in [3.63, 3.8) is 0 Å². The van der Waals surface area contributed by atoms with Gasteiger partial charge in [-0.05, 0) is 6.92 Å². The number of hydrogen-bond acceptors (Lipinski definition) is 3. The molecule has 0 aliphatic carbocycles. The van der Waals surface area contributed by atoms with E-state index >= 15 is 0 Å². The highest BCUT2D eigenvalue weighted by Gasteiger charge is 2.03. The third-order valence-corrected chi connectivity index (χ3v) is 2.08. The lowest BCUT2D eigenvalue weighted by atomic mass is 10.2. The monoisotopic (exact) mass is 202 g/mol. The molecule has 0 aliphatic rings. The second kappa shape index (κ2) is 4.23. The van der Waals surface area contributed by atoms with E-state index in [2.05, 4.69) is 10.3 Å². The summed E-state index contributed by atoms with van der Waals surface area (Å²) in [6, 6.07) is 10.1. The molecule has 0 fully saturated rings. The van der Waals surface area contributed by atoms with Crippen LogP contribution in [0.25, 0.3) is 11.3 Å². The van der Waals surface area contributed by atoms with Crippen molar-refractivity contribution in [2.45, 2.75) is 19.5 Å². The molecule has 2 rings (SSSR count). The molecule has 0 aliphatic heterocycles. The lowest BCUT2D eigenvalue weighted by Crippen LogP contribution is -2.22. The van der Waals surface area contributed by atoms with Gasteiger partial charge in [0.2, 0.25) is 0 Å². The zero-order chi connectivity index (χ0) is 10.7. The van der Waals surface area contributed by atoms with E-state index in [9.17, 15) is 0 Å². The van der Waals surface area contributed by atoms with Crippen LogP contribution in [-0.2, 0) is 6.54 Å². The van der Waals surface area contributed by atoms with Crippen LogP contribution in [0.3, 0.4) is 0 Å². The summed E-state index contributed by atoms with van der Waals surface area (Å²) in [5.74, 6) is 0. The van der Waals surface area contributed by atoms with E-state index in [1.54, 1.807) is 4.68 Å². The summed E-state index contributed by atoms with van der Waals surface area (Å²) < 4.78 is 1.77. The molecule has 2 N–H and O–H groups in total. The van der Waals surface area contributed by atoms with Crippen LogP contribution in [0.1, 0.15) is 6.92 Å². The third-order valence-electron chi connectivity index (χ3n) is 2.08. The molecule has 4 nitrogen and oxygen atoms in total. The molecule has 1 aromatic carbocycles. The second-order valence-corrected chi connectivity index (χ2v) is 3.67. The van der Waals surface area contributed by atoms with E-state index in [0.29, 0.717) is 6.54 Å². The van der Waals surface area contributed by atoms with Gasteiger partial charge < -0.3 is 5.73 Å². The summed E-state index contributed by atoms with van der Waals surface area (Å²) in [7, 11) is 0. The number of nitrogens with zero attached hydrogens (tertiary/aromatic N) is 3. The van der Waals surface area contributed by atoms with Gasteiger partial charge in [0.25, 0.3) is 0 Å². The van der Waals surface area contributed by atoms with Gasteiger partial charge in [-0.3, -0.25) is 4.68 Å². The van der Waals surface area contributed by atoms with Crippen molar-refractivity contribution >= 4 is 0 Å². The normalized spacial score (nSPS) is 12.7. The Morgan fingerprint density at radius 2 is 2.07 bits per heavy atom. The molecular weight excluding hydrogens is 188 g/mol. The van der Waals surface area contributed by atoms with Crippen LogP contribution in [0.15, 0.2) is 36.5 Å². The number of benzene rings is 1. The van der Waals surface area contributed by atoms with E-state index in [1.807, 2.05) is 43.5 Å². The van der Waals surface area contributed by atoms with E-state index in [0.717, 1.165) is 11.3 Å². The van der Waals surface area contributed by atoms with Gasteiger partial charge in [0.1, 0.15) is 5.69 Å². The van der Waals surface area contributed by atoms with Crippen LogP contribution < -0.4 is 5.73 Å². The Kier molecular flexibility index (Phi) is 2.78. The molecule has 1 atom stereocenters. The fourth-order valence-corrected chi connectivity index (χ4v) is 1.42. The number of rotatable bonds is 3. The van der Waals surface area contributed by atoms with Gasteiger partial charge in [-0.2, -0.15) is 0 Å². The van der Waals surface area contributed by atoms with Crippen LogP contribution in [0.2, 0.25) is 0 Å². The van der Waals surface area contributed by atoms with Gasteiger partial charge in [-0.1, -0.05) is 35.5 Å². The zero-order valence-corrected chi connectivity index (χ0v) is 8.67. The maximum absolute atomic E-state index is 5.68. The molecule has 4 heteroatoms. The van der Waals surface area contributed by atoms with Gasteiger partial charge in [-0.15, -0.1) is 5.10 Å². The lowest BCUT2D eigenvalue weighted by molar-refractivity contribution is 0.523. The molecule has 0 amide bonds. The smallest absolute Gasteiger partial charge is 0.113 e. The van der Waals surface area contributed by atoms with Crippen LogP contribution in [0.4, 0.5) is 0 Å². The Hall–Kier alpha value is -1.68. The Balaban J connectivity index is 2.21. The Bertz CT molecular complexity index is 419. The van der Waals surface area contributed by atoms with E-state index in [-0.39, 0.29) is 6.04 Å². The molecule has 0 bridgehead atoms. The fourth-order valence-electron chi connectivity index (χ4n) is 1.42. The summed E-state index contributed by atoms with van der Waals surface area (Å²) >= 11 is 0. The molecule has 1 aromatic heterocycles. The van der Waals surface area contributed by atoms with Gasteiger partial charge >= 0.3 is 0 Å². The highest BCUT2D eigenvalue weighted by Crippen LogP contribution is 2.14. The predicted molar refractivity (Wildman–Crippen MR) is 59.1 cm³/mol. The molecule has 2 aromatic rings. The minimum Gasteiger partial charge on any atom is -0.326 e. The number of hydrogen-bond donors (Lipinski definition) is 1. The van der Waals surface area contributed by atoms with Crippen molar-refractivity contribution in [3.05, 3.63) is 36.5 Å². The van der Waals surface area contributed by atoms with Crippen molar-refractivity contribution in [2.75, 3.05) is 0 Å². The Labute approximate surface area is 88.7 Å². The van der Waals surface area contributed by atoms with Gasteiger partial charge in [-0.25, -0.2) is 0 Å². The molecule has 0 spiro atoms. The predicted octanol–water partition coefficient (Wildman–Crippen LogP) is 1.29. The van der Waals surface area contributed by atoms with Crippen LogP contribution in [0, 0.1) is 0 Å². The first-order valence-corrected chi connectivity index (χ1v) is 4.97. The molecule has 1 heterocycles. The van der Waals surface area contributed by atoms with Gasteiger partial charge in [0.15, 0.2) is 0 Å². The van der Waals surface area contributed by atoms with Crippen LogP contribution in [-0.4, -0.2) is 21.0 Å².